The van der Waals surface area contributed by atoms with E-state index in [-0.39, 0.29) is 0 Å². The number of para-hydroxylation sites is 2. The Morgan fingerprint density at radius 2 is 2.11 bits per heavy atom. The third kappa shape index (κ3) is 2.38. The van der Waals surface area contributed by atoms with Crippen LogP contribution in [0.25, 0.3) is 11.0 Å². The largest absolute Gasteiger partial charge is 0.333 e. The Balaban J connectivity index is 1.96. The SMILES string of the molecule is Cc1cnc(NN)nc1Sc1nc2ccccc2[nH]1. The second kappa shape index (κ2) is 4.87. The summed E-state index contributed by atoms with van der Waals surface area (Å²) >= 11 is 1.46. The van der Waals surface area contributed by atoms with Crippen LogP contribution in [-0.4, -0.2) is 19.9 Å². The van der Waals surface area contributed by atoms with E-state index < -0.39 is 0 Å². The molecule has 0 amide bonds. The third-order valence-corrected chi connectivity index (χ3v) is 3.61. The first-order valence-corrected chi connectivity index (χ1v) is 6.51. The van der Waals surface area contributed by atoms with Crippen LogP contribution < -0.4 is 11.3 Å². The molecular weight excluding hydrogens is 260 g/mol. The van der Waals surface area contributed by atoms with Crippen molar-refractivity contribution >= 4 is 28.7 Å². The van der Waals surface area contributed by atoms with E-state index in [1.165, 1.54) is 11.8 Å². The summed E-state index contributed by atoms with van der Waals surface area (Å²) in [5.74, 6) is 5.71. The summed E-state index contributed by atoms with van der Waals surface area (Å²) in [5.41, 5.74) is 5.36. The lowest BCUT2D eigenvalue weighted by Gasteiger charge is -2.04. The Labute approximate surface area is 113 Å². The molecule has 0 fully saturated rings. The minimum Gasteiger partial charge on any atom is -0.333 e. The molecule has 96 valence electrons. The number of imidazole rings is 1. The Morgan fingerprint density at radius 1 is 1.26 bits per heavy atom. The number of rotatable bonds is 3. The molecule has 0 aliphatic heterocycles. The minimum absolute atomic E-state index is 0.393. The van der Waals surface area contributed by atoms with Gasteiger partial charge >= 0.3 is 0 Å². The maximum Gasteiger partial charge on any atom is 0.238 e. The monoisotopic (exact) mass is 272 g/mol. The number of nitrogen functional groups attached to an aromatic ring is 1. The summed E-state index contributed by atoms with van der Waals surface area (Å²) < 4.78 is 0. The summed E-state index contributed by atoms with van der Waals surface area (Å²) in [6.07, 6.45) is 1.73. The molecule has 0 bridgehead atoms. The van der Waals surface area contributed by atoms with Gasteiger partial charge in [-0.25, -0.2) is 20.8 Å². The lowest BCUT2D eigenvalue weighted by molar-refractivity contribution is 0.980. The molecule has 0 atom stereocenters. The van der Waals surface area contributed by atoms with Crippen molar-refractivity contribution in [1.29, 1.82) is 0 Å². The number of benzene rings is 1. The van der Waals surface area contributed by atoms with Crippen LogP contribution in [0.4, 0.5) is 5.95 Å². The number of nitrogens with two attached hydrogens (primary N) is 1. The Bertz CT molecular complexity index is 690. The number of hydrazine groups is 1. The number of hydrogen-bond donors (Lipinski definition) is 3. The molecule has 0 aliphatic rings. The van der Waals surface area contributed by atoms with Crippen LogP contribution in [-0.2, 0) is 0 Å². The fourth-order valence-electron chi connectivity index (χ4n) is 1.67. The number of fused-ring (bicyclic) bond motifs is 1. The molecule has 0 unspecified atom stereocenters. The molecule has 19 heavy (non-hydrogen) atoms. The van der Waals surface area contributed by atoms with Gasteiger partial charge in [0.15, 0.2) is 5.16 Å². The van der Waals surface area contributed by atoms with Crippen LogP contribution in [0.15, 0.2) is 40.6 Å². The summed E-state index contributed by atoms with van der Waals surface area (Å²) in [6.45, 7) is 1.95. The average molecular weight is 272 g/mol. The van der Waals surface area contributed by atoms with Crippen molar-refractivity contribution in [3.05, 3.63) is 36.0 Å². The van der Waals surface area contributed by atoms with Crippen molar-refractivity contribution in [2.75, 3.05) is 5.43 Å². The fraction of sp³-hybridized carbons (Fsp3) is 0.0833. The first-order chi connectivity index (χ1) is 9.26. The zero-order chi connectivity index (χ0) is 13.2. The number of aromatic nitrogens is 4. The van der Waals surface area contributed by atoms with E-state index in [4.69, 9.17) is 5.84 Å². The first kappa shape index (κ1) is 11.9. The van der Waals surface area contributed by atoms with Crippen molar-refractivity contribution in [3.8, 4) is 0 Å². The second-order valence-corrected chi connectivity index (χ2v) is 4.96. The van der Waals surface area contributed by atoms with E-state index in [1.807, 2.05) is 31.2 Å². The number of aromatic amines is 1. The Morgan fingerprint density at radius 3 is 2.89 bits per heavy atom. The van der Waals surface area contributed by atoms with Crippen molar-refractivity contribution in [2.24, 2.45) is 5.84 Å². The predicted molar refractivity (Wildman–Crippen MR) is 74.8 cm³/mol. The predicted octanol–water partition coefficient (Wildman–Crippen LogP) is 2.10. The van der Waals surface area contributed by atoms with Gasteiger partial charge in [-0.2, -0.15) is 0 Å². The quantitative estimate of drug-likeness (QED) is 0.384. The summed E-state index contributed by atoms with van der Waals surface area (Å²) in [4.78, 5) is 16.1. The molecule has 0 spiro atoms. The van der Waals surface area contributed by atoms with Crippen LogP contribution in [0.3, 0.4) is 0 Å². The molecule has 3 rings (SSSR count). The first-order valence-electron chi connectivity index (χ1n) is 5.69. The maximum atomic E-state index is 5.32. The smallest absolute Gasteiger partial charge is 0.238 e. The van der Waals surface area contributed by atoms with Crippen molar-refractivity contribution in [2.45, 2.75) is 17.1 Å². The highest BCUT2D eigenvalue weighted by atomic mass is 32.2. The van der Waals surface area contributed by atoms with Gasteiger partial charge in [0.25, 0.3) is 0 Å². The summed E-state index contributed by atoms with van der Waals surface area (Å²) in [5, 5.41) is 1.62. The average Bonchev–Trinajstić information content (AvgIpc) is 2.83. The molecule has 4 N–H and O–H groups in total. The van der Waals surface area contributed by atoms with Gasteiger partial charge in [-0.3, -0.25) is 5.43 Å². The molecule has 0 saturated carbocycles. The standard InChI is InChI=1S/C12H12N6S/c1-7-6-14-11(18-13)17-10(7)19-12-15-8-4-2-3-5-9(8)16-12/h2-6H,13H2,1H3,(H,15,16)(H,14,17,18). The van der Waals surface area contributed by atoms with Crippen LogP contribution in [0.5, 0.6) is 0 Å². The minimum atomic E-state index is 0.393. The van der Waals surface area contributed by atoms with Crippen molar-refractivity contribution in [3.63, 3.8) is 0 Å². The van der Waals surface area contributed by atoms with Gasteiger partial charge in [0, 0.05) is 11.8 Å². The summed E-state index contributed by atoms with van der Waals surface area (Å²) in [6, 6.07) is 7.90. The second-order valence-electron chi connectivity index (χ2n) is 3.99. The highest BCUT2D eigenvalue weighted by Crippen LogP contribution is 2.28. The highest BCUT2D eigenvalue weighted by molar-refractivity contribution is 7.99. The molecule has 1 aromatic carbocycles. The van der Waals surface area contributed by atoms with Gasteiger partial charge in [0.1, 0.15) is 5.03 Å². The lowest BCUT2D eigenvalue weighted by atomic mass is 10.3. The van der Waals surface area contributed by atoms with E-state index in [0.717, 1.165) is 26.8 Å². The maximum absolute atomic E-state index is 5.32. The van der Waals surface area contributed by atoms with Gasteiger partial charge < -0.3 is 4.98 Å². The summed E-state index contributed by atoms with van der Waals surface area (Å²) in [7, 11) is 0. The van der Waals surface area contributed by atoms with Crippen LogP contribution in [0, 0.1) is 6.92 Å². The molecule has 7 heteroatoms. The molecule has 2 heterocycles. The Kier molecular flexibility index (Phi) is 3.06. The number of H-pyrrole nitrogens is 1. The molecular formula is C12H12N6S. The van der Waals surface area contributed by atoms with E-state index in [1.54, 1.807) is 6.20 Å². The van der Waals surface area contributed by atoms with Gasteiger partial charge in [-0.1, -0.05) is 12.1 Å². The van der Waals surface area contributed by atoms with Gasteiger partial charge in [-0.05, 0) is 30.8 Å². The van der Waals surface area contributed by atoms with Gasteiger partial charge in [0.2, 0.25) is 5.95 Å². The number of aryl methyl sites for hydroxylation is 1. The van der Waals surface area contributed by atoms with E-state index >= 15 is 0 Å². The highest BCUT2D eigenvalue weighted by Gasteiger charge is 2.09. The topological polar surface area (TPSA) is 92.5 Å². The zero-order valence-electron chi connectivity index (χ0n) is 10.2. The van der Waals surface area contributed by atoms with Crippen molar-refractivity contribution < 1.29 is 0 Å². The number of nitrogens with zero attached hydrogens (tertiary/aromatic N) is 3. The van der Waals surface area contributed by atoms with Gasteiger partial charge in [-0.15, -0.1) is 0 Å². The third-order valence-electron chi connectivity index (χ3n) is 2.62. The van der Waals surface area contributed by atoms with E-state index in [0.29, 0.717) is 5.95 Å². The molecule has 0 radical (unpaired) electrons. The van der Waals surface area contributed by atoms with Gasteiger partial charge in [0.05, 0.1) is 11.0 Å². The van der Waals surface area contributed by atoms with Crippen molar-refractivity contribution in [1.82, 2.24) is 19.9 Å². The Hall–Kier alpha value is -2.12. The number of hydrogen-bond acceptors (Lipinski definition) is 6. The number of nitrogens with one attached hydrogen (secondary N) is 2. The zero-order valence-corrected chi connectivity index (χ0v) is 11.0. The normalized spacial score (nSPS) is 10.8. The number of anilines is 1. The lowest BCUT2D eigenvalue weighted by Crippen LogP contribution is -2.10. The molecule has 0 aliphatic carbocycles. The fourth-order valence-corrected chi connectivity index (χ4v) is 2.50. The molecule has 2 aromatic heterocycles. The van der Waals surface area contributed by atoms with Crippen LogP contribution in [0.2, 0.25) is 0 Å². The molecule has 6 nitrogen and oxygen atoms in total. The van der Waals surface area contributed by atoms with Crippen LogP contribution >= 0.6 is 11.8 Å². The van der Waals surface area contributed by atoms with E-state index in [2.05, 4.69) is 25.4 Å². The molecule has 0 saturated heterocycles. The van der Waals surface area contributed by atoms with Crippen LogP contribution in [0.1, 0.15) is 5.56 Å². The molecule has 3 aromatic rings. The van der Waals surface area contributed by atoms with E-state index in [9.17, 15) is 0 Å².